The molecule has 3 rings (SSSR count). The highest BCUT2D eigenvalue weighted by atomic mass is 16.5. The van der Waals surface area contributed by atoms with Crippen molar-refractivity contribution in [2.45, 2.75) is 20.0 Å². The lowest BCUT2D eigenvalue weighted by Gasteiger charge is -2.12. The molecule has 0 radical (unpaired) electrons. The number of ether oxygens (including phenoxy) is 1. The zero-order valence-corrected chi connectivity index (χ0v) is 13.1. The van der Waals surface area contributed by atoms with Crippen LogP contribution in [0.5, 0.6) is 0 Å². The molecule has 122 valence electrons. The lowest BCUT2D eigenvalue weighted by atomic mass is 10.3. The van der Waals surface area contributed by atoms with Crippen LogP contribution in [0.15, 0.2) is 42.6 Å². The first kappa shape index (κ1) is 15.6. The molecule has 0 unspecified atom stereocenters. The Hall–Kier alpha value is -3.29. The molecule has 0 aliphatic carbocycles. The fourth-order valence-electron chi connectivity index (χ4n) is 2.03. The first-order valence-electron chi connectivity index (χ1n) is 7.30. The summed E-state index contributed by atoms with van der Waals surface area (Å²) in [6.07, 6.45) is 0.586. The maximum Gasteiger partial charge on any atom is 0.379 e. The molecule has 8 heteroatoms. The van der Waals surface area contributed by atoms with Gasteiger partial charge in [-0.25, -0.2) is 14.3 Å². The van der Waals surface area contributed by atoms with Crippen molar-refractivity contribution < 1.29 is 14.3 Å². The van der Waals surface area contributed by atoms with Crippen molar-refractivity contribution in [3.05, 3.63) is 54.1 Å². The number of aromatic nitrogens is 4. The summed E-state index contributed by atoms with van der Waals surface area (Å²) in [5, 5.41) is 6.71. The summed E-state index contributed by atoms with van der Waals surface area (Å²) in [5.74, 6) is -1.07. The topological polar surface area (TPSA) is 98.5 Å². The second-order valence-corrected chi connectivity index (χ2v) is 5.14. The second kappa shape index (κ2) is 6.45. The number of aryl methyl sites for hydroxylation is 1. The molecule has 0 saturated carbocycles. The number of carbonyl (C=O) groups is 2. The summed E-state index contributed by atoms with van der Waals surface area (Å²) >= 11 is 0. The normalized spacial score (nSPS) is 11.9. The molecule has 0 bridgehead atoms. The minimum atomic E-state index is -0.988. The van der Waals surface area contributed by atoms with Crippen molar-refractivity contribution in [3.8, 4) is 0 Å². The van der Waals surface area contributed by atoms with E-state index in [0.717, 1.165) is 5.69 Å². The molecule has 2 heterocycles. The van der Waals surface area contributed by atoms with Crippen LogP contribution in [-0.4, -0.2) is 37.6 Å². The number of anilines is 1. The van der Waals surface area contributed by atoms with Crippen LogP contribution in [-0.2, 0) is 9.53 Å². The molecule has 0 spiro atoms. The number of benzene rings is 1. The van der Waals surface area contributed by atoms with E-state index < -0.39 is 18.0 Å². The molecule has 1 amide bonds. The van der Waals surface area contributed by atoms with Crippen LogP contribution in [0.2, 0.25) is 0 Å². The first-order valence-corrected chi connectivity index (χ1v) is 7.30. The van der Waals surface area contributed by atoms with Crippen molar-refractivity contribution in [3.63, 3.8) is 0 Å². The van der Waals surface area contributed by atoms with E-state index in [1.54, 1.807) is 36.5 Å². The van der Waals surface area contributed by atoms with Crippen LogP contribution in [0.25, 0.3) is 5.78 Å². The molecule has 3 aromatic rings. The SMILES string of the molecule is Cc1ccnc2nc(C(=O)O[C@@H](C)C(=O)Nc3ccccc3)nn12. The van der Waals surface area contributed by atoms with Gasteiger partial charge in [-0.15, -0.1) is 5.10 Å². The average molecular weight is 325 g/mol. The van der Waals surface area contributed by atoms with E-state index >= 15 is 0 Å². The molecular formula is C16H15N5O3. The average Bonchev–Trinajstić information content (AvgIpc) is 3.01. The summed E-state index contributed by atoms with van der Waals surface area (Å²) in [6, 6.07) is 10.6. The minimum absolute atomic E-state index is 0.142. The third-order valence-electron chi connectivity index (χ3n) is 3.31. The monoisotopic (exact) mass is 325 g/mol. The number of carbonyl (C=O) groups excluding carboxylic acids is 2. The highest BCUT2D eigenvalue weighted by Crippen LogP contribution is 2.08. The van der Waals surface area contributed by atoms with Crippen LogP contribution < -0.4 is 5.32 Å². The lowest BCUT2D eigenvalue weighted by Crippen LogP contribution is -2.30. The molecule has 0 aliphatic heterocycles. The summed E-state index contributed by atoms with van der Waals surface area (Å²) in [7, 11) is 0. The van der Waals surface area contributed by atoms with Gasteiger partial charge in [0.2, 0.25) is 0 Å². The highest BCUT2D eigenvalue weighted by molar-refractivity contribution is 5.96. The molecule has 8 nitrogen and oxygen atoms in total. The second-order valence-electron chi connectivity index (χ2n) is 5.14. The van der Waals surface area contributed by atoms with Gasteiger partial charge in [0.15, 0.2) is 6.10 Å². The largest absolute Gasteiger partial charge is 0.447 e. The van der Waals surface area contributed by atoms with Gasteiger partial charge in [0.25, 0.3) is 17.5 Å². The van der Waals surface area contributed by atoms with Crippen molar-refractivity contribution >= 4 is 23.3 Å². The lowest BCUT2D eigenvalue weighted by molar-refractivity contribution is -0.123. The molecule has 1 N–H and O–H groups in total. The Morgan fingerprint density at radius 1 is 1.21 bits per heavy atom. The van der Waals surface area contributed by atoms with Gasteiger partial charge in [0.1, 0.15) is 0 Å². The number of amides is 1. The number of para-hydroxylation sites is 1. The molecule has 1 aromatic carbocycles. The van der Waals surface area contributed by atoms with Crippen LogP contribution in [0.4, 0.5) is 5.69 Å². The van der Waals surface area contributed by atoms with E-state index in [-0.39, 0.29) is 5.82 Å². The van der Waals surface area contributed by atoms with Crippen LogP contribution >= 0.6 is 0 Å². The van der Waals surface area contributed by atoms with E-state index in [1.807, 2.05) is 13.0 Å². The zero-order valence-electron chi connectivity index (χ0n) is 13.1. The Morgan fingerprint density at radius 3 is 2.67 bits per heavy atom. The summed E-state index contributed by atoms with van der Waals surface area (Å²) < 4.78 is 6.56. The summed E-state index contributed by atoms with van der Waals surface area (Å²) in [6.45, 7) is 3.30. The number of esters is 1. The molecule has 0 saturated heterocycles. The van der Waals surface area contributed by atoms with Crippen molar-refractivity contribution in [1.29, 1.82) is 0 Å². The molecule has 1 atom stereocenters. The smallest absolute Gasteiger partial charge is 0.379 e. The highest BCUT2D eigenvalue weighted by Gasteiger charge is 2.22. The molecule has 24 heavy (non-hydrogen) atoms. The standard InChI is InChI=1S/C16H15N5O3/c1-10-8-9-17-16-19-13(20-21(10)16)15(23)24-11(2)14(22)18-12-6-4-3-5-7-12/h3-9,11H,1-2H3,(H,18,22)/t11-/m0/s1. The zero-order chi connectivity index (χ0) is 17.1. The number of nitrogens with zero attached hydrogens (tertiary/aromatic N) is 4. The third kappa shape index (κ3) is 3.22. The van der Waals surface area contributed by atoms with Crippen molar-refractivity contribution in [2.24, 2.45) is 0 Å². The van der Waals surface area contributed by atoms with E-state index in [4.69, 9.17) is 4.74 Å². The van der Waals surface area contributed by atoms with Crippen LogP contribution in [0.3, 0.4) is 0 Å². The maximum absolute atomic E-state index is 12.1. The summed E-state index contributed by atoms with van der Waals surface area (Å²) in [5.41, 5.74) is 1.40. The fraction of sp³-hybridized carbons (Fsp3) is 0.188. The predicted octanol–water partition coefficient (Wildman–Crippen LogP) is 1.62. The minimum Gasteiger partial charge on any atom is -0.447 e. The molecular weight excluding hydrogens is 310 g/mol. The maximum atomic E-state index is 12.1. The number of fused-ring (bicyclic) bond motifs is 1. The Balaban J connectivity index is 1.68. The quantitative estimate of drug-likeness (QED) is 0.732. The molecule has 0 fully saturated rings. The third-order valence-corrected chi connectivity index (χ3v) is 3.31. The van der Waals surface area contributed by atoms with E-state index in [9.17, 15) is 9.59 Å². The van der Waals surface area contributed by atoms with Gasteiger partial charge in [-0.1, -0.05) is 18.2 Å². The number of nitrogens with one attached hydrogen (secondary N) is 1. The van der Waals surface area contributed by atoms with Gasteiger partial charge in [0.05, 0.1) is 0 Å². The number of hydrogen-bond acceptors (Lipinski definition) is 6. The fourth-order valence-corrected chi connectivity index (χ4v) is 2.03. The Kier molecular flexibility index (Phi) is 4.19. The number of hydrogen-bond donors (Lipinski definition) is 1. The van der Waals surface area contributed by atoms with Gasteiger partial charge in [0, 0.05) is 17.6 Å². The Labute approximate surface area is 137 Å². The van der Waals surface area contributed by atoms with Gasteiger partial charge >= 0.3 is 5.97 Å². The van der Waals surface area contributed by atoms with E-state index in [2.05, 4.69) is 20.4 Å². The summed E-state index contributed by atoms with van der Waals surface area (Å²) in [4.78, 5) is 32.2. The van der Waals surface area contributed by atoms with Gasteiger partial charge in [-0.3, -0.25) is 4.79 Å². The van der Waals surface area contributed by atoms with E-state index in [1.165, 1.54) is 11.4 Å². The Morgan fingerprint density at radius 2 is 1.96 bits per heavy atom. The molecule has 0 aliphatic rings. The van der Waals surface area contributed by atoms with Gasteiger partial charge in [-0.2, -0.15) is 4.98 Å². The van der Waals surface area contributed by atoms with Gasteiger partial charge < -0.3 is 10.1 Å². The van der Waals surface area contributed by atoms with Crippen molar-refractivity contribution in [2.75, 3.05) is 5.32 Å². The molecule has 2 aromatic heterocycles. The van der Waals surface area contributed by atoms with Crippen LogP contribution in [0.1, 0.15) is 23.2 Å². The first-order chi connectivity index (χ1) is 11.5. The Bertz CT molecular complexity index is 891. The van der Waals surface area contributed by atoms with E-state index in [0.29, 0.717) is 11.5 Å². The van der Waals surface area contributed by atoms with Crippen LogP contribution in [0, 0.1) is 6.92 Å². The predicted molar refractivity (Wildman–Crippen MR) is 85.5 cm³/mol. The number of rotatable bonds is 4. The van der Waals surface area contributed by atoms with Gasteiger partial charge in [-0.05, 0) is 32.0 Å². The van der Waals surface area contributed by atoms with Crippen molar-refractivity contribution in [1.82, 2.24) is 19.6 Å².